The van der Waals surface area contributed by atoms with Gasteiger partial charge in [0, 0.05) is 17.5 Å². The van der Waals surface area contributed by atoms with Crippen LogP contribution in [0, 0.1) is 5.92 Å². The quantitative estimate of drug-likeness (QED) is 0.768. The molecule has 1 aromatic rings. The molecule has 2 aliphatic rings. The molecule has 2 N–H and O–H groups in total. The van der Waals surface area contributed by atoms with Gasteiger partial charge in [-0.1, -0.05) is 24.4 Å². The van der Waals surface area contributed by atoms with Gasteiger partial charge < -0.3 is 9.64 Å². The number of methoxy groups -OCH3 is 1. The molecule has 1 saturated heterocycles. The van der Waals surface area contributed by atoms with Crippen LogP contribution in [0.15, 0.2) is 18.2 Å². The van der Waals surface area contributed by atoms with Crippen molar-refractivity contribution in [3.05, 3.63) is 28.8 Å². The van der Waals surface area contributed by atoms with Crippen molar-refractivity contribution in [3.8, 4) is 5.75 Å². The van der Waals surface area contributed by atoms with Crippen LogP contribution in [-0.2, 0) is 9.59 Å². The number of carbonyl (C=O) groups is 3. The molecule has 146 valence electrons. The van der Waals surface area contributed by atoms with E-state index in [-0.39, 0.29) is 23.6 Å². The van der Waals surface area contributed by atoms with Crippen molar-refractivity contribution >= 4 is 29.3 Å². The minimum atomic E-state index is -0.634. The number of benzene rings is 1. The number of halogens is 1. The smallest absolute Gasteiger partial charge is 0.261 e. The van der Waals surface area contributed by atoms with Gasteiger partial charge in [0.15, 0.2) is 0 Å². The second kappa shape index (κ2) is 8.61. The third kappa shape index (κ3) is 4.35. The topological polar surface area (TPSA) is 87.7 Å². The Kier molecular flexibility index (Phi) is 6.21. The molecule has 0 spiro atoms. The molecule has 1 saturated carbocycles. The van der Waals surface area contributed by atoms with Gasteiger partial charge in [-0.15, -0.1) is 0 Å². The van der Waals surface area contributed by atoms with E-state index in [1.807, 2.05) is 0 Å². The molecule has 1 unspecified atom stereocenters. The highest BCUT2D eigenvalue weighted by atomic mass is 35.5. The predicted molar refractivity (Wildman–Crippen MR) is 100 cm³/mol. The van der Waals surface area contributed by atoms with Crippen molar-refractivity contribution in [1.82, 2.24) is 15.8 Å². The van der Waals surface area contributed by atoms with Crippen molar-refractivity contribution in [2.45, 2.75) is 44.6 Å². The summed E-state index contributed by atoms with van der Waals surface area (Å²) >= 11 is 6.02. The van der Waals surface area contributed by atoms with Crippen LogP contribution in [0.3, 0.4) is 0 Å². The number of nitrogens with one attached hydrogen (secondary N) is 2. The van der Waals surface area contributed by atoms with E-state index < -0.39 is 6.04 Å². The van der Waals surface area contributed by atoms with Gasteiger partial charge in [0.05, 0.1) is 12.7 Å². The summed E-state index contributed by atoms with van der Waals surface area (Å²) in [7, 11) is 1.48. The first-order valence-electron chi connectivity index (χ1n) is 9.25. The Balaban J connectivity index is 1.65. The number of hydrogen-bond acceptors (Lipinski definition) is 4. The van der Waals surface area contributed by atoms with Gasteiger partial charge in [-0.25, -0.2) is 0 Å². The Labute approximate surface area is 163 Å². The standard InChI is InChI=1S/C19H24ClN3O4/c1-27-16-9-8-13(20)11-14(16)19(26)23-10-4-7-15(23)18(25)22-21-17(24)12-5-2-3-6-12/h8-9,11-12,15H,2-7,10H2,1H3,(H,21,24)(H,22,25). The maximum absolute atomic E-state index is 13.0. The van der Waals surface area contributed by atoms with E-state index in [0.717, 1.165) is 25.7 Å². The van der Waals surface area contributed by atoms with E-state index in [1.54, 1.807) is 12.1 Å². The first-order chi connectivity index (χ1) is 13.0. The lowest BCUT2D eigenvalue weighted by Crippen LogP contribution is -2.52. The molecular weight excluding hydrogens is 370 g/mol. The van der Waals surface area contributed by atoms with Crippen LogP contribution in [-0.4, -0.2) is 42.3 Å². The Hall–Kier alpha value is -2.28. The van der Waals surface area contributed by atoms with E-state index >= 15 is 0 Å². The number of ether oxygens (including phenoxy) is 1. The fourth-order valence-electron chi connectivity index (χ4n) is 3.78. The summed E-state index contributed by atoms with van der Waals surface area (Å²) in [6.45, 7) is 0.461. The summed E-state index contributed by atoms with van der Waals surface area (Å²) in [6.07, 6.45) is 5.04. The van der Waals surface area contributed by atoms with Crippen LogP contribution in [0.2, 0.25) is 5.02 Å². The van der Waals surface area contributed by atoms with E-state index in [4.69, 9.17) is 16.3 Å². The summed E-state index contributed by atoms with van der Waals surface area (Å²) in [6, 6.07) is 4.18. The summed E-state index contributed by atoms with van der Waals surface area (Å²) in [5, 5.41) is 0.420. The van der Waals surface area contributed by atoms with Crippen LogP contribution in [0.5, 0.6) is 5.75 Å². The lowest BCUT2D eigenvalue weighted by Gasteiger charge is -2.25. The first kappa shape index (κ1) is 19.5. The summed E-state index contributed by atoms with van der Waals surface area (Å²) in [5.41, 5.74) is 5.32. The van der Waals surface area contributed by atoms with Crippen LogP contribution in [0.1, 0.15) is 48.9 Å². The number of likely N-dealkylation sites (tertiary alicyclic amines) is 1. The number of carbonyl (C=O) groups excluding carboxylic acids is 3. The molecule has 1 atom stereocenters. The zero-order valence-corrected chi connectivity index (χ0v) is 16.1. The molecular formula is C19H24ClN3O4. The van der Waals surface area contributed by atoms with Gasteiger partial charge in [-0.2, -0.15) is 0 Å². The molecule has 3 rings (SSSR count). The van der Waals surface area contributed by atoms with Crippen molar-refractivity contribution in [2.75, 3.05) is 13.7 Å². The highest BCUT2D eigenvalue weighted by molar-refractivity contribution is 6.31. The predicted octanol–water partition coefficient (Wildman–Crippen LogP) is 2.29. The molecule has 0 bridgehead atoms. The Morgan fingerprint density at radius 3 is 2.48 bits per heavy atom. The molecule has 0 aromatic heterocycles. The fourth-order valence-corrected chi connectivity index (χ4v) is 3.95. The highest BCUT2D eigenvalue weighted by Crippen LogP contribution is 2.28. The summed E-state index contributed by atoms with van der Waals surface area (Å²) in [5.74, 6) is -0.483. The molecule has 8 heteroatoms. The number of hydrazine groups is 1. The molecule has 0 radical (unpaired) electrons. The lowest BCUT2D eigenvalue weighted by atomic mass is 10.1. The molecule has 27 heavy (non-hydrogen) atoms. The van der Waals surface area contributed by atoms with Crippen molar-refractivity contribution in [2.24, 2.45) is 5.92 Å². The number of nitrogens with zero attached hydrogens (tertiary/aromatic N) is 1. The highest BCUT2D eigenvalue weighted by Gasteiger charge is 2.36. The molecule has 7 nitrogen and oxygen atoms in total. The average Bonchev–Trinajstić information content (AvgIpc) is 3.36. The Morgan fingerprint density at radius 1 is 1.07 bits per heavy atom. The summed E-state index contributed by atoms with van der Waals surface area (Å²) in [4.78, 5) is 39.1. The van der Waals surface area contributed by atoms with Crippen LogP contribution < -0.4 is 15.6 Å². The maximum Gasteiger partial charge on any atom is 0.261 e. The third-order valence-corrected chi connectivity index (χ3v) is 5.48. The second-order valence-electron chi connectivity index (χ2n) is 6.96. The van der Waals surface area contributed by atoms with E-state index in [2.05, 4.69) is 10.9 Å². The van der Waals surface area contributed by atoms with E-state index in [1.165, 1.54) is 18.1 Å². The van der Waals surface area contributed by atoms with Gasteiger partial charge in [-0.3, -0.25) is 25.2 Å². The van der Waals surface area contributed by atoms with Crippen LogP contribution >= 0.6 is 11.6 Å². The molecule has 1 aliphatic carbocycles. The minimum Gasteiger partial charge on any atom is -0.496 e. The van der Waals surface area contributed by atoms with Gasteiger partial charge in [0.2, 0.25) is 5.91 Å². The van der Waals surface area contributed by atoms with Crippen molar-refractivity contribution < 1.29 is 19.1 Å². The largest absolute Gasteiger partial charge is 0.496 e. The summed E-state index contributed by atoms with van der Waals surface area (Å²) < 4.78 is 5.25. The fraction of sp³-hybridized carbons (Fsp3) is 0.526. The third-order valence-electron chi connectivity index (χ3n) is 5.24. The molecule has 3 amide bonds. The van der Waals surface area contributed by atoms with Gasteiger partial charge in [0.25, 0.3) is 11.8 Å². The number of amides is 3. The van der Waals surface area contributed by atoms with Crippen molar-refractivity contribution in [3.63, 3.8) is 0 Å². The van der Waals surface area contributed by atoms with Crippen molar-refractivity contribution in [1.29, 1.82) is 0 Å². The number of rotatable bonds is 4. The average molecular weight is 394 g/mol. The van der Waals surface area contributed by atoms with Gasteiger partial charge >= 0.3 is 0 Å². The second-order valence-corrected chi connectivity index (χ2v) is 7.40. The zero-order valence-electron chi connectivity index (χ0n) is 15.3. The Morgan fingerprint density at radius 2 is 1.78 bits per heavy atom. The normalized spacial score (nSPS) is 19.8. The van der Waals surface area contributed by atoms with Gasteiger partial charge in [-0.05, 0) is 43.9 Å². The zero-order chi connectivity index (χ0) is 19.4. The maximum atomic E-state index is 13.0. The number of hydrogen-bond donors (Lipinski definition) is 2. The van der Waals surface area contributed by atoms with E-state index in [0.29, 0.717) is 35.7 Å². The molecule has 1 aliphatic heterocycles. The molecule has 1 aromatic carbocycles. The van der Waals surface area contributed by atoms with Crippen LogP contribution in [0.4, 0.5) is 0 Å². The Bertz CT molecular complexity index is 734. The SMILES string of the molecule is COc1ccc(Cl)cc1C(=O)N1CCCC1C(=O)NNC(=O)C1CCCC1. The first-order valence-corrected chi connectivity index (χ1v) is 9.63. The molecule has 1 heterocycles. The van der Waals surface area contributed by atoms with Crippen LogP contribution in [0.25, 0.3) is 0 Å². The minimum absolute atomic E-state index is 0.0395. The lowest BCUT2D eigenvalue weighted by molar-refractivity contribution is -0.132. The molecule has 2 fully saturated rings. The van der Waals surface area contributed by atoms with Gasteiger partial charge in [0.1, 0.15) is 11.8 Å². The monoisotopic (exact) mass is 393 g/mol. The van der Waals surface area contributed by atoms with E-state index in [9.17, 15) is 14.4 Å².